The van der Waals surface area contributed by atoms with E-state index in [1.807, 2.05) is 19.9 Å². The topological polar surface area (TPSA) is 68.3 Å². The summed E-state index contributed by atoms with van der Waals surface area (Å²) in [6, 6.07) is 8.78. The van der Waals surface area contributed by atoms with Gasteiger partial charge in [0.2, 0.25) is 10.0 Å². The fraction of sp³-hybridized carbons (Fsp3) is 0.353. The molecule has 1 aromatic carbocycles. The summed E-state index contributed by atoms with van der Waals surface area (Å²) in [5.74, 6) is 0.331. The lowest BCUT2D eigenvalue weighted by Gasteiger charge is -2.26. The summed E-state index contributed by atoms with van der Waals surface area (Å²) in [6.45, 7) is 7.35. The molecule has 2 aromatic rings. The minimum absolute atomic E-state index is 0.132. The van der Waals surface area contributed by atoms with Gasteiger partial charge in [0.25, 0.3) is 0 Å². The first-order chi connectivity index (χ1) is 10.7. The largest absolute Gasteiger partial charge is 0.495 e. The molecule has 0 atom stereocenters. The van der Waals surface area contributed by atoms with Gasteiger partial charge in [-0.1, -0.05) is 6.07 Å². The van der Waals surface area contributed by atoms with Crippen LogP contribution in [0.5, 0.6) is 5.75 Å². The molecule has 0 amide bonds. The Labute approximate surface area is 137 Å². The van der Waals surface area contributed by atoms with Crippen LogP contribution in [0.1, 0.15) is 30.7 Å². The summed E-state index contributed by atoms with van der Waals surface area (Å²) in [5.41, 5.74) is 1.67. The third-order valence-electron chi connectivity index (χ3n) is 3.76. The van der Waals surface area contributed by atoms with Crippen LogP contribution in [0.4, 0.5) is 0 Å². The number of pyridine rings is 1. The molecule has 0 spiro atoms. The molecular weight excluding hydrogens is 312 g/mol. The van der Waals surface area contributed by atoms with Gasteiger partial charge in [0.15, 0.2) is 0 Å². The molecule has 6 heteroatoms. The first kappa shape index (κ1) is 17.4. The summed E-state index contributed by atoms with van der Waals surface area (Å²) in [5, 5.41) is 0. The summed E-state index contributed by atoms with van der Waals surface area (Å²) >= 11 is 0. The second-order valence-electron chi connectivity index (χ2n) is 6.03. The lowest BCUT2D eigenvalue weighted by molar-refractivity contribution is 0.399. The first-order valence-corrected chi connectivity index (χ1v) is 8.76. The number of sulfonamides is 1. The lowest BCUT2D eigenvalue weighted by atomic mass is 10.0. The van der Waals surface area contributed by atoms with Gasteiger partial charge in [-0.15, -0.1) is 0 Å². The van der Waals surface area contributed by atoms with E-state index in [0.29, 0.717) is 11.4 Å². The van der Waals surface area contributed by atoms with E-state index in [1.54, 1.807) is 44.3 Å². The molecule has 0 unspecified atom stereocenters. The Balaban J connectivity index is 2.46. The van der Waals surface area contributed by atoms with Crippen LogP contribution >= 0.6 is 0 Å². The van der Waals surface area contributed by atoms with Gasteiger partial charge in [-0.3, -0.25) is 4.98 Å². The van der Waals surface area contributed by atoms with Crippen molar-refractivity contribution in [1.82, 2.24) is 9.71 Å². The Hall–Kier alpha value is -1.92. The van der Waals surface area contributed by atoms with E-state index in [1.165, 1.54) is 7.11 Å². The van der Waals surface area contributed by atoms with Gasteiger partial charge < -0.3 is 4.74 Å². The van der Waals surface area contributed by atoms with E-state index in [0.717, 1.165) is 11.1 Å². The number of aromatic nitrogens is 1. The molecule has 1 aromatic heterocycles. The molecule has 1 N–H and O–H groups in total. The SMILES string of the molecule is COc1cc(C)c(C)cc1S(=O)(=O)NC(C)(C)c1ccccn1. The van der Waals surface area contributed by atoms with Crippen LogP contribution in [0, 0.1) is 13.8 Å². The van der Waals surface area contributed by atoms with Crippen molar-refractivity contribution >= 4 is 10.0 Å². The Bertz CT molecular complexity index is 800. The summed E-state index contributed by atoms with van der Waals surface area (Å²) in [7, 11) is -2.30. The van der Waals surface area contributed by atoms with E-state index in [9.17, 15) is 8.42 Å². The molecule has 5 nitrogen and oxygen atoms in total. The van der Waals surface area contributed by atoms with Gasteiger partial charge in [0, 0.05) is 6.20 Å². The molecule has 0 aliphatic carbocycles. The smallest absolute Gasteiger partial charge is 0.245 e. The highest BCUT2D eigenvalue weighted by Crippen LogP contribution is 2.29. The highest BCUT2D eigenvalue weighted by atomic mass is 32.2. The zero-order valence-corrected chi connectivity index (χ0v) is 14.9. The molecule has 0 saturated heterocycles. The van der Waals surface area contributed by atoms with Crippen LogP contribution in [0.15, 0.2) is 41.4 Å². The minimum Gasteiger partial charge on any atom is -0.495 e. The van der Waals surface area contributed by atoms with Crippen LogP contribution < -0.4 is 9.46 Å². The standard InChI is InChI=1S/C17H22N2O3S/c1-12-10-14(22-5)15(11-13(12)2)23(20,21)19-17(3,4)16-8-6-7-9-18-16/h6-11,19H,1-5H3. The molecule has 124 valence electrons. The van der Waals surface area contributed by atoms with E-state index < -0.39 is 15.6 Å². The molecule has 1 heterocycles. The van der Waals surface area contributed by atoms with Crippen LogP contribution in [0.25, 0.3) is 0 Å². The van der Waals surface area contributed by atoms with Gasteiger partial charge in [-0.25, -0.2) is 8.42 Å². The van der Waals surface area contributed by atoms with Gasteiger partial charge in [-0.2, -0.15) is 4.72 Å². The van der Waals surface area contributed by atoms with Crippen LogP contribution in [0.2, 0.25) is 0 Å². The third-order valence-corrected chi connectivity index (χ3v) is 5.44. The maximum Gasteiger partial charge on any atom is 0.245 e. The Morgan fingerprint density at radius 3 is 2.35 bits per heavy atom. The quantitative estimate of drug-likeness (QED) is 0.913. The predicted octanol–water partition coefficient (Wildman–Crippen LogP) is 2.92. The number of methoxy groups -OCH3 is 1. The number of nitrogens with one attached hydrogen (secondary N) is 1. The lowest BCUT2D eigenvalue weighted by Crippen LogP contribution is -2.41. The molecule has 0 saturated carbocycles. The zero-order chi connectivity index (χ0) is 17.3. The Morgan fingerprint density at radius 1 is 1.13 bits per heavy atom. The second-order valence-corrected chi connectivity index (χ2v) is 7.68. The number of aryl methyl sites for hydroxylation is 2. The molecular formula is C17H22N2O3S. The van der Waals surface area contributed by atoms with Crippen molar-refractivity contribution in [3.05, 3.63) is 53.3 Å². The second kappa shape index (κ2) is 6.29. The average molecular weight is 334 g/mol. The van der Waals surface area contributed by atoms with Gasteiger partial charge >= 0.3 is 0 Å². The van der Waals surface area contributed by atoms with Crippen LogP contribution in [0.3, 0.4) is 0 Å². The van der Waals surface area contributed by atoms with Crippen molar-refractivity contribution in [3.63, 3.8) is 0 Å². The average Bonchev–Trinajstić information content (AvgIpc) is 2.49. The summed E-state index contributed by atoms with van der Waals surface area (Å²) < 4.78 is 33.7. The number of hydrogen-bond acceptors (Lipinski definition) is 4. The van der Waals surface area contributed by atoms with E-state index in [4.69, 9.17) is 4.74 Å². The molecule has 0 aliphatic rings. The Kier molecular flexibility index (Phi) is 4.77. The fourth-order valence-corrected chi connectivity index (χ4v) is 3.93. The van der Waals surface area contributed by atoms with Crippen molar-refractivity contribution < 1.29 is 13.2 Å². The molecule has 23 heavy (non-hydrogen) atoms. The number of nitrogens with zero attached hydrogens (tertiary/aromatic N) is 1. The van der Waals surface area contributed by atoms with Crippen molar-refractivity contribution in [2.75, 3.05) is 7.11 Å². The zero-order valence-electron chi connectivity index (χ0n) is 14.0. The number of rotatable bonds is 5. The van der Waals surface area contributed by atoms with Gasteiger partial charge in [-0.05, 0) is 63.1 Å². The minimum atomic E-state index is -3.76. The van der Waals surface area contributed by atoms with Crippen molar-refractivity contribution in [2.24, 2.45) is 0 Å². The monoisotopic (exact) mass is 334 g/mol. The number of benzene rings is 1. The summed E-state index contributed by atoms with van der Waals surface area (Å²) in [6.07, 6.45) is 1.64. The maximum atomic E-state index is 12.8. The van der Waals surface area contributed by atoms with E-state index in [-0.39, 0.29) is 4.90 Å². The maximum absolute atomic E-state index is 12.8. The molecule has 0 aliphatic heterocycles. The van der Waals surface area contributed by atoms with Crippen molar-refractivity contribution in [1.29, 1.82) is 0 Å². The van der Waals surface area contributed by atoms with E-state index in [2.05, 4.69) is 9.71 Å². The highest BCUT2D eigenvalue weighted by Gasteiger charge is 2.31. The number of hydrogen-bond donors (Lipinski definition) is 1. The molecule has 2 rings (SSSR count). The highest BCUT2D eigenvalue weighted by molar-refractivity contribution is 7.89. The number of ether oxygens (including phenoxy) is 1. The molecule has 0 bridgehead atoms. The summed E-state index contributed by atoms with van der Waals surface area (Å²) in [4.78, 5) is 4.38. The van der Waals surface area contributed by atoms with Crippen molar-refractivity contribution in [2.45, 2.75) is 38.1 Å². The van der Waals surface area contributed by atoms with Crippen LogP contribution in [-0.4, -0.2) is 20.5 Å². The predicted molar refractivity (Wildman–Crippen MR) is 90.1 cm³/mol. The van der Waals surface area contributed by atoms with Gasteiger partial charge in [0.05, 0.1) is 18.3 Å². The fourth-order valence-electron chi connectivity index (χ4n) is 2.31. The van der Waals surface area contributed by atoms with Crippen molar-refractivity contribution in [3.8, 4) is 5.75 Å². The third kappa shape index (κ3) is 3.71. The van der Waals surface area contributed by atoms with E-state index >= 15 is 0 Å². The van der Waals surface area contributed by atoms with Crippen LogP contribution in [-0.2, 0) is 15.6 Å². The van der Waals surface area contributed by atoms with Gasteiger partial charge in [0.1, 0.15) is 10.6 Å². The normalized spacial score (nSPS) is 12.2. The molecule has 0 fully saturated rings. The Morgan fingerprint density at radius 2 is 1.78 bits per heavy atom. The molecule has 0 radical (unpaired) electrons. The first-order valence-electron chi connectivity index (χ1n) is 7.28.